The van der Waals surface area contributed by atoms with E-state index in [1.54, 1.807) is 35.2 Å². The van der Waals surface area contributed by atoms with E-state index in [1.807, 2.05) is 72.8 Å². The molecule has 1 unspecified atom stereocenters. The Kier molecular flexibility index (Phi) is 7.14. The van der Waals surface area contributed by atoms with Gasteiger partial charge in [-0.15, -0.1) is 10.2 Å². The third-order valence-electron chi connectivity index (χ3n) is 5.57. The van der Waals surface area contributed by atoms with Gasteiger partial charge in [-0.05, 0) is 47.5 Å². The van der Waals surface area contributed by atoms with Crippen molar-refractivity contribution in [3.63, 3.8) is 0 Å². The summed E-state index contributed by atoms with van der Waals surface area (Å²) in [6.45, 7) is 0. The molecule has 0 aliphatic heterocycles. The van der Waals surface area contributed by atoms with Crippen LogP contribution in [-0.2, 0) is 4.79 Å². The first-order valence-electron chi connectivity index (χ1n) is 11.3. The number of aromatic nitrogens is 4. The number of hydrogen-bond acceptors (Lipinski definition) is 5. The van der Waals surface area contributed by atoms with Crippen molar-refractivity contribution in [2.24, 2.45) is 0 Å². The zero-order valence-electron chi connectivity index (χ0n) is 19.2. The van der Waals surface area contributed by atoms with Crippen LogP contribution in [0, 0.1) is 5.82 Å². The summed E-state index contributed by atoms with van der Waals surface area (Å²) in [5.41, 5.74) is 3.02. The molecule has 1 amide bonds. The molecular formula is C28H22FN5OS. The molecule has 0 bridgehead atoms. The minimum atomic E-state index is -0.389. The average molecular weight is 496 g/mol. The monoisotopic (exact) mass is 495 g/mol. The zero-order chi connectivity index (χ0) is 24.7. The van der Waals surface area contributed by atoms with E-state index in [1.165, 1.54) is 17.8 Å². The van der Waals surface area contributed by atoms with Gasteiger partial charge >= 0.3 is 0 Å². The third-order valence-corrected chi connectivity index (χ3v) is 6.50. The van der Waals surface area contributed by atoms with Gasteiger partial charge in [0, 0.05) is 18.1 Å². The van der Waals surface area contributed by atoms with Gasteiger partial charge in [0.2, 0.25) is 5.91 Å². The van der Waals surface area contributed by atoms with Gasteiger partial charge in [0.1, 0.15) is 5.82 Å². The van der Waals surface area contributed by atoms with Crippen molar-refractivity contribution in [1.29, 1.82) is 0 Å². The van der Waals surface area contributed by atoms with Gasteiger partial charge in [-0.25, -0.2) is 4.39 Å². The van der Waals surface area contributed by atoms with Crippen LogP contribution < -0.4 is 5.32 Å². The molecule has 6 nitrogen and oxygen atoms in total. The number of pyridine rings is 1. The fourth-order valence-corrected chi connectivity index (χ4v) is 4.65. The Morgan fingerprint density at radius 1 is 0.833 bits per heavy atom. The molecule has 2 aromatic heterocycles. The highest BCUT2D eigenvalue weighted by Gasteiger charge is 2.21. The van der Waals surface area contributed by atoms with Gasteiger partial charge < -0.3 is 5.32 Å². The highest BCUT2D eigenvalue weighted by Crippen LogP contribution is 2.29. The SMILES string of the molecule is O=C(CSc1nnc(-c2ccccc2F)n1-c1ccccc1)NC(c1ccccc1)c1ccncc1. The maximum atomic E-state index is 14.6. The number of halogens is 1. The summed E-state index contributed by atoms with van der Waals surface area (Å²) in [7, 11) is 0. The number of rotatable bonds is 8. The normalized spacial score (nSPS) is 11.7. The van der Waals surface area contributed by atoms with E-state index in [2.05, 4.69) is 20.5 Å². The van der Waals surface area contributed by atoms with E-state index in [4.69, 9.17) is 0 Å². The van der Waals surface area contributed by atoms with Gasteiger partial charge in [-0.3, -0.25) is 14.3 Å². The first-order chi connectivity index (χ1) is 17.7. The van der Waals surface area contributed by atoms with Gasteiger partial charge in [-0.1, -0.05) is 72.4 Å². The number of amides is 1. The molecule has 1 atom stereocenters. The fourth-order valence-electron chi connectivity index (χ4n) is 3.88. The second-order valence-corrected chi connectivity index (χ2v) is 8.88. The van der Waals surface area contributed by atoms with Crippen LogP contribution in [0.2, 0.25) is 0 Å². The Hall–Kier alpha value is -4.30. The maximum Gasteiger partial charge on any atom is 0.231 e. The summed E-state index contributed by atoms with van der Waals surface area (Å²) in [4.78, 5) is 17.2. The molecule has 178 valence electrons. The van der Waals surface area contributed by atoms with E-state index >= 15 is 0 Å². The van der Waals surface area contributed by atoms with E-state index in [0.29, 0.717) is 16.5 Å². The standard InChI is InChI=1S/C28H22FN5OS/c29-24-14-8-7-13-23(24)27-32-33-28(34(27)22-11-5-2-6-12-22)36-19-25(35)31-26(20-9-3-1-4-10-20)21-15-17-30-18-16-21/h1-18,26H,19H2,(H,31,35). The number of thioether (sulfide) groups is 1. The number of nitrogens with zero attached hydrogens (tertiary/aromatic N) is 4. The number of carbonyl (C=O) groups excluding carboxylic acids is 1. The van der Waals surface area contributed by atoms with Crippen molar-refractivity contribution >= 4 is 17.7 Å². The molecule has 5 rings (SSSR count). The van der Waals surface area contributed by atoms with Crippen molar-refractivity contribution in [1.82, 2.24) is 25.1 Å². The van der Waals surface area contributed by atoms with Crippen LogP contribution in [-0.4, -0.2) is 31.4 Å². The molecule has 8 heteroatoms. The lowest BCUT2D eigenvalue weighted by Crippen LogP contribution is -2.30. The quantitative estimate of drug-likeness (QED) is 0.289. The Morgan fingerprint density at radius 2 is 1.47 bits per heavy atom. The number of para-hydroxylation sites is 1. The maximum absolute atomic E-state index is 14.6. The van der Waals surface area contributed by atoms with Gasteiger partial charge in [0.05, 0.1) is 17.4 Å². The largest absolute Gasteiger partial charge is 0.344 e. The number of benzene rings is 3. The highest BCUT2D eigenvalue weighted by molar-refractivity contribution is 7.99. The van der Waals surface area contributed by atoms with Crippen LogP contribution in [0.3, 0.4) is 0 Å². The van der Waals surface area contributed by atoms with Gasteiger partial charge in [-0.2, -0.15) is 0 Å². The summed E-state index contributed by atoms with van der Waals surface area (Å²) >= 11 is 1.25. The molecule has 1 N–H and O–H groups in total. The van der Waals surface area contributed by atoms with Crippen LogP contribution in [0.1, 0.15) is 17.2 Å². The summed E-state index contributed by atoms with van der Waals surface area (Å²) in [6.07, 6.45) is 3.41. The summed E-state index contributed by atoms with van der Waals surface area (Å²) in [5.74, 6) is -0.0716. The zero-order valence-corrected chi connectivity index (χ0v) is 20.0. The molecule has 0 spiro atoms. The molecule has 0 saturated heterocycles. The second-order valence-electron chi connectivity index (χ2n) is 7.94. The van der Waals surface area contributed by atoms with Gasteiger partial charge in [0.25, 0.3) is 0 Å². The minimum absolute atomic E-state index is 0.108. The van der Waals surface area contributed by atoms with Crippen LogP contribution in [0.5, 0.6) is 0 Å². The lowest BCUT2D eigenvalue weighted by atomic mass is 10.00. The van der Waals surface area contributed by atoms with E-state index < -0.39 is 0 Å². The number of hydrogen-bond donors (Lipinski definition) is 1. The molecule has 2 heterocycles. The molecule has 36 heavy (non-hydrogen) atoms. The first-order valence-corrected chi connectivity index (χ1v) is 12.3. The number of carbonyl (C=O) groups is 1. The Labute approximate surface area is 212 Å². The van der Waals surface area contributed by atoms with Crippen molar-refractivity contribution in [3.8, 4) is 17.1 Å². The van der Waals surface area contributed by atoms with Crippen molar-refractivity contribution in [2.75, 3.05) is 5.75 Å². The predicted molar refractivity (Wildman–Crippen MR) is 138 cm³/mol. The predicted octanol–water partition coefficient (Wildman–Crippen LogP) is 5.47. The third kappa shape index (κ3) is 5.18. The summed E-state index contributed by atoms with van der Waals surface area (Å²) < 4.78 is 16.4. The Morgan fingerprint density at radius 3 is 2.19 bits per heavy atom. The molecule has 0 fully saturated rings. The smallest absolute Gasteiger partial charge is 0.231 e. The molecule has 0 aliphatic rings. The topological polar surface area (TPSA) is 72.7 Å². The molecule has 0 aliphatic carbocycles. The number of nitrogens with one attached hydrogen (secondary N) is 1. The van der Waals surface area contributed by atoms with Crippen LogP contribution in [0.15, 0.2) is 115 Å². The van der Waals surface area contributed by atoms with Crippen LogP contribution >= 0.6 is 11.8 Å². The molecule has 3 aromatic carbocycles. The fraction of sp³-hybridized carbons (Fsp3) is 0.0714. The average Bonchev–Trinajstić information content (AvgIpc) is 3.36. The highest BCUT2D eigenvalue weighted by atomic mass is 32.2. The first kappa shape index (κ1) is 23.4. The van der Waals surface area contributed by atoms with E-state index in [0.717, 1.165) is 16.8 Å². The molecule has 0 radical (unpaired) electrons. The van der Waals surface area contributed by atoms with Crippen molar-refractivity contribution in [3.05, 3.63) is 126 Å². The minimum Gasteiger partial charge on any atom is -0.344 e. The molecule has 5 aromatic rings. The van der Waals surface area contributed by atoms with E-state index in [-0.39, 0.29) is 23.5 Å². The lowest BCUT2D eigenvalue weighted by Gasteiger charge is -2.19. The lowest BCUT2D eigenvalue weighted by molar-refractivity contribution is -0.119. The summed E-state index contributed by atoms with van der Waals surface area (Å²) in [5, 5.41) is 12.2. The van der Waals surface area contributed by atoms with Crippen molar-refractivity contribution < 1.29 is 9.18 Å². The van der Waals surface area contributed by atoms with Gasteiger partial charge in [0.15, 0.2) is 11.0 Å². The van der Waals surface area contributed by atoms with Crippen molar-refractivity contribution in [2.45, 2.75) is 11.2 Å². The van der Waals surface area contributed by atoms with E-state index in [9.17, 15) is 9.18 Å². The summed E-state index contributed by atoms with van der Waals surface area (Å²) in [6, 6.07) is 29.2. The molecule has 0 saturated carbocycles. The Bertz CT molecular complexity index is 1410. The Balaban J connectivity index is 1.40. The second kappa shape index (κ2) is 11.0. The van der Waals surface area contributed by atoms with Crippen LogP contribution in [0.25, 0.3) is 17.1 Å². The van der Waals surface area contributed by atoms with Crippen LogP contribution in [0.4, 0.5) is 4.39 Å². The molecular weight excluding hydrogens is 473 g/mol.